The normalized spacial score (nSPS) is 12.2. The van der Waals surface area contributed by atoms with Gasteiger partial charge in [0.15, 0.2) is 12.2 Å². The van der Waals surface area contributed by atoms with Gasteiger partial charge in [-0.2, -0.15) is 0 Å². The molecule has 1 atom stereocenters. The fourth-order valence-corrected chi connectivity index (χ4v) is 3.17. The number of hydrogen-bond acceptors (Lipinski definition) is 5. The molecule has 7 heteroatoms. The fourth-order valence-electron chi connectivity index (χ4n) is 3.17. The summed E-state index contributed by atoms with van der Waals surface area (Å²) in [6.45, 7) is 1.27. The van der Waals surface area contributed by atoms with Gasteiger partial charge in [-0.15, -0.1) is 0 Å². The lowest BCUT2D eigenvalue weighted by Crippen LogP contribution is -2.42. The highest BCUT2D eigenvalue weighted by Crippen LogP contribution is 2.20. The van der Waals surface area contributed by atoms with Crippen LogP contribution in [0.4, 0.5) is 0 Å². The summed E-state index contributed by atoms with van der Waals surface area (Å²) in [6.07, 6.45) is 2.16. The summed E-state index contributed by atoms with van der Waals surface area (Å²) < 4.78 is 10.9. The van der Waals surface area contributed by atoms with Crippen molar-refractivity contribution in [3.63, 3.8) is 0 Å². The number of nitrogens with one attached hydrogen (secondary N) is 2. The number of amides is 1. The van der Waals surface area contributed by atoms with Crippen LogP contribution in [0.1, 0.15) is 18.4 Å². The number of ether oxygens (including phenoxy) is 1. The highest BCUT2D eigenvalue weighted by Gasteiger charge is 2.23. The van der Waals surface area contributed by atoms with E-state index in [4.69, 9.17) is 9.15 Å². The first-order valence-corrected chi connectivity index (χ1v) is 8.93. The molecule has 2 aromatic carbocycles. The molecule has 2 aromatic heterocycles. The first-order valence-electron chi connectivity index (χ1n) is 8.93. The third kappa shape index (κ3) is 3.73. The van der Waals surface area contributed by atoms with Gasteiger partial charge in [0.05, 0.1) is 0 Å². The summed E-state index contributed by atoms with van der Waals surface area (Å²) in [5.41, 5.74) is 3.23. The van der Waals surface area contributed by atoms with Crippen molar-refractivity contribution in [1.82, 2.24) is 15.3 Å². The summed E-state index contributed by atoms with van der Waals surface area (Å²) in [7, 11) is 0. The van der Waals surface area contributed by atoms with Crippen molar-refractivity contribution in [3.05, 3.63) is 66.2 Å². The van der Waals surface area contributed by atoms with E-state index in [1.165, 1.54) is 6.92 Å². The Balaban J connectivity index is 1.48. The predicted octanol–water partition coefficient (Wildman–Crippen LogP) is 3.10. The number of benzene rings is 2. The molecule has 0 aliphatic heterocycles. The second-order valence-electron chi connectivity index (χ2n) is 6.50. The Morgan fingerprint density at radius 2 is 1.96 bits per heavy atom. The molecule has 7 nitrogen and oxygen atoms in total. The SMILES string of the molecule is CC(=O)NC(Cc1c[nH]c2ccccc12)C(=O)OCc1nc2ccccc2o1. The van der Waals surface area contributed by atoms with Gasteiger partial charge < -0.3 is 19.5 Å². The number of carbonyl (C=O) groups excluding carboxylic acids is 2. The van der Waals surface area contributed by atoms with Gasteiger partial charge in [-0.1, -0.05) is 30.3 Å². The van der Waals surface area contributed by atoms with Crippen molar-refractivity contribution < 1.29 is 18.7 Å². The number of carbonyl (C=O) groups is 2. The fraction of sp³-hybridized carbons (Fsp3) is 0.190. The van der Waals surface area contributed by atoms with Gasteiger partial charge in [0.25, 0.3) is 0 Å². The number of fused-ring (bicyclic) bond motifs is 2. The minimum Gasteiger partial charge on any atom is -0.454 e. The highest BCUT2D eigenvalue weighted by molar-refractivity contribution is 5.86. The molecule has 0 fully saturated rings. The van der Waals surface area contributed by atoms with Crippen LogP contribution in [0.2, 0.25) is 0 Å². The summed E-state index contributed by atoms with van der Waals surface area (Å²) >= 11 is 0. The number of aromatic amines is 1. The molecule has 4 aromatic rings. The van der Waals surface area contributed by atoms with Crippen LogP contribution in [0.15, 0.2) is 59.1 Å². The van der Waals surface area contributed by atoms with Crippen LogP contribution in [0.25, 0.3) is 22.0 Å². The van der Waals surface area contributed by atoms with E-state index >= 15 is 0 Å². The summed E-state index contributed by atoms with van der Waals surface area (Å²) in [6, 6.07) is 14.3. The molecule has 0 saturated heterocycles. The van der Waals surface area contributed by atoms with Gasteiger partial charge in [0.1, 0.15) is 11.6 Å². The summed E-state index contributed by atoms with van der Waals surface area (Å²) in [5, 5.41) is 3.67. The van der Waals surface area contributed by atoms with Crippen LogP contribution in [0.5, 0.6) is 0 Å². The van der Waals surface area contributed by atoms with E-state index in [1.54, 1.807) is 6.07 Å². The topological polar surface area (TPSA) is 97.2 Å². The first kappa shape index (κ1) is 17.8. The van der Waals surface area contributed by atoms with Crippen LogP contribution in [-0.2, 0) is 27.4 Å². The van der Waals surface area contributed by atoms with Crippen LogP contribution < -0.4 is 5.32 Å². The minimum absolute atomic E-state index is 0.0997. The predicted molar refractivity (Wildman–Crippen MR) is 103 cm³/mol. The van der Waals surface area contributed by atoms with E-state index in [2.05, 4.69) is 15.3 Å². The molecule has 0 aliphatic rings. The van der Waals surface area contributed by atoms with Crippen molar-refractivity contribution in [2.75, 3.05) is 0 Å². The molecular weight excluding hydrogens is 358 g/mol. The molecule has 1 amide bonds. The molecule has 2 N–H and O–H groups in total. The van der Waals surface area contributed by atoms with Gasteiger partial charge in [-0.3, -0.25) is 4.79 Å². The number of H-pyrrole nitrogens is 1. The van der Waals surface area contributed by atoms with E-state index in [9.17, 15) is 9.59 Å². The average Bonchev–Trinajstić information content (AvgIpc) is 3.29. The molecular formula is C21H19N3O4. The number of hydrogen-bond donors (Lipinski definition) is 2. The number of rotatable bonds is 6. The Bertz CT molecular complexity index is 1110. The third-order valence-electron chi connectivity index (χ3n) is 4.44. The van der Waals surface area contributed by atoms with E-state index in [1.807, 2.05) is 48.7 Å². The van der Waals surface area contributed by atoms with E-state index < -0.39 is 12.0 Å². The Morgan fingerprint density at radius 3 is 2.79 bits per heavy atom. The number of para-hydroxylation sites is 3. The molecule has 0 saturated carbocycles. The van der Waals surface area contributed by atoms with Crippen molar-refractivity contribution in [2.24, 2.45) is 0 Å². The maximum Gasteiger partial charge on any atom is 0.329 e. The molecule has 4 rings (SSSR count). The maximum atomic E-state index is 12.6. The van der Waals surface area contributed by atoms with E-state index in [0.29, 0.717) is 23.4 Å². The van der Waals surface area contributed by atoms with Crippen molar-refractivity contribution in [3.8, 4) is 0 Å². The van der Waals surface area contributed by atoms with Crippen LogP contribution in [0.3, 0.4) is 0 Å². The zero-order valence-electron chi connectivity index (χ0n) is 15.3. The zero-order valence-corrected chi connectivity index (χ0v) is 15.3. The van der Waals surface area contributed by atoms with E-state index in [-0.39, 0.29) is 12.5 Å². The molecule has 2 heterocycles. The van der Waals surface area contributed by atoms with Gasteiger partial charge in [-0.25, -0.2) is 9.78 Å². The minimum atomic E-state index is -0.805. The van der Waals surface area contributed by atoms with Crippen molar-refractivity contribution in [1.29, 1.82) is 0 Å². The quantitative estimate of drug-likeness (QED) is 0.503. The Morgan fingerprint density at radius 1 is 1.18 bits per heavy atom. The molecule has 1 unspecified atom stereocenters. The Kier molecular flexibility index (Phi) is 4.80. The van der Waals surface area contributed by atoms with Gasteiger partial charge in [-0.05, 0) is 23.8 Å². The van der Waals surface area contributed by atoms with Crippen LogP contribution >= 0.6 is 0 Å². The van der Waals surface area contributed by atoms with Crippen molar-refractivity contribution >= 4 is 33.9 Å². The largest absolute Gasteiger partial charge is 0.454 e. The Hall–Kier alpha value is -3.61. The van der Waals surface area contributed by atoms with Gasteiger partial charge in [0.2, 0.25) is 11.8 Å². The third-order valence-corrected chi connectivity index (χ3v) is 4.44. The number of esters is 1. The van der Waals surface area contributed by atoms with Gasteiger partial charge in [0, 0.05) is 30.4 Å². The standard InChI is InChI=1S/C21H19N3O4/c1-13(25)23-18(10-14-11-22-16-7-3-2-6-15(14)16)21(26)27-12-20-24-17-8-4-5-9-19(17)28-20/h2-9,11,18,22H,10,12H2,1H3,(H,23,25). The molecule has 28 heavy (non-hydrogen) atoms. The molecule has 0 radical (unpaired) electrons. The average molecular weight is 377 g/mol. The lowest BCUT2D eigenvalue weighted by Gasteiger charge is -2.16. The first-order chi connectivity index (χ1) is 13.6. The monoisotopic (exact) mass is 377 g/mol. The second-order valence-corrected chi connectivity index (χ2v) is 6.50. The maximum absolute atomic E-state index is 12.6. The van der Waals surface area contributed by atoms with Crippen LogP contribution in [-0.4, -0.2) is 27.9 Å². The smallest absolute Gasteiger partial charge is 0.329 e. The van der Waals surface area contributed by atoms with Gasteiger partial charge >= 0.3 is 5.97 Å². The molecule has 142 valence electrons. The number of oxazole rings is 1. The van der Waals surface area contributed by atoms with Crippen LogP contribution in [0, 0.1) is 0 Å². The summed E-state index contributed by atoms with van der Waals surface area (Å²) in [5.74, 6) is -0.533. The lowest BCUT2D eigenvalue weighted by molar-refractivity contribution is -0.149. The lowest BCUT2D eigenvalue weighted by atomic mass is 10.0. The highest BCUT2D eigenvalue weighted by atomic mass is 16.5. The zero-order chi connectivity index (χ0) is 19.5. The second kappa shape index (κ2) is 7.56. The van der Waals surface area contributed by atoms with E-state index in [0.717, 1.165) is 16.5 Å². The van der Waals surface area contributed by atoms with Crippen molar-refractivity contribution in [2.45, 2.75) is 26.0 Å². The Labute approximate surface area is 160 Å². The molecule has 0 spiro atoms. The molecule has 0 aliphatic carbocycles. The number of aromatic nitrogens is 2. The summed E-state index contributed by atoms with van der Waals surface area (Å²) in [4.78, 5) is 31.7. The molecule has 0 bridgehead atoms. The number of nitrogens with zero attached hydrogens (tertiary/aromatic N) is 1.